The van der Waals surface area contributed by atoms with Gasteiger partial charge in [-0.05, 0) is 122 Å². The predicted octanol–water partition coefficient (Wildman–Crippen LogP) is 11.2. The first-order valence-corrected chi connectivity index (χ1v) is 27.0. The Bertz CT molecular complexity index is 2740. The molecule has 4 amide bonds. The quantitative estimate of drug-likeness (QED) is 0.0802. The van der Waals surface area contributed by atoms with Crippen molar-refractivity contribution >= 4 is 24.0 Å². The molecule has 4 unspecified atom stereocenters. The van der Waals surface area contributed by atoms with Gasteiger partial charge in [-0.15, -0.1) is 0 Å². The minimum atomic E-state index is -0.711. The summed E-state index contributed by atoms with van der Waals surface area (Å²) in [4.78, 5) is 75.5. The first kappa shape index (κ1) is 51.5. The summed E-state index contributed by atoms with van der Waals surface area (Å²) in [5, 5.41) is 5.67. The zero-order chi connectivity index (χ0) is 51.5. The van der Waals surface area contributed by atoms with E-state index >= 15 is 0 Å². The summed E-state index contributed by atoms with van der Waals surface area (Å²) < 4.78 is 9.87. The standard InChI is InChI=1S/C59H76N8O6/c1-9-38-28-44(39-24-26-40(27-25-39)46-32-60-54(62-46)50-30-42-14-10-12-16-48(42)66(50)56(68)52(34(2)3)64-58(70)72-7)41(23-22-37-20-18-36(6)19-21-37)29-45(38)47-33-61-55(63-47)51-31-43-15-11-13-17-49(43)67(51)57(69)53(35(4)5)65-59(71)73-8/h18-21,24-29,32-35,42-43,48-53H,9-17,22-23,30-31H2,1-8H3,(H,60,62)(H,61,63)(H,64,70)(H,65,71)/t42?,43?,48?,49?,50-,51-,52-,53-/m0/s1. The van der Waals surface area contributed by atoms with Gasteiger partial charge in [0.2, 0.25) is 11.8 Å². The largest absolute Gasteiger partial charge is 0.453 e. The lowest BCUT2D eigenvalue weighted by molar-refractivity contribution is -0.139. The average molecular weight is 993 g/mol. The van der Waals surface area contributed by atoms with E-state index in [9.17, 15) is 19.2 Å². The maximum Gasteiger partial charge on any atom is 0.407 e. The molecule has 2 saturated carbocycles. The summed E-state index contributed by atoms with van der Waals surface area (Å²) in [7, 11) is 2.65. The van der Waals surface area contributed by atoms with Crippen LogP contribution < -0.4 is 10.6 Å². The number of imidazole rings is 2. The van der Waals surface area contributed by atoms with Crippen molar-refractivity contribution in [1.29, 1.82) is 0 Å². The van der Waals surface area contributed by atoms with Crippen LogP contribution in [0.2, 0.25) is 0 Å². The van der Waals surface area contributed by atoms with Gasteiger partial charge in [-0.2, -0.15) is 0 Å². The normalized spacial score (nSPS) is 22.4. The molecule has 14 heteroatoms. The average Bonchev–Trinajstić information content (AvgIpc) is 4.24. The fraction of sp³-hybridized carbons (Fsp3) is 0.525. The van der Waals surface area contributed by atoms with Crippen molar-refractivity contribution in [2.75, 3.05) is 14.2 Å². The number of carbonyl (C=O) groups excluding carboxylic acids is 4. The number of aromatic amines is 2. The van der Waals surface area contributed by atoms with Crippen LogP contribution in [0.4, 0.5) is 9.59 Å². The number of likely N-dealkylation sites (tertiary alicyclic amines) is 2. The Morgan fingerprint density at radius 3 is 1.62 bits per heavy atom. The Labute approximate surface area is 431 Å². The van der Waals surface area contributed by atoms with Crippen molar-refractivity contribution in [3.05, 3.63) is 107 Å². The molecular weight excluding hydrogens is 917 g/mol. The van der Waals surface area contributed by atoms with Gasteiger partial charge in [-0.1, -0.05) is 120 Å². The number of fused-ring (bicyclic) bond motifs is 2. The number of hydrogen-bond donors (Lipinski definition) is 4. The second-order valence-corrected chi connectivity index (χ2v) is 21.9. The number of carbonyl (C=O) groups is 4. The SMILES string of the molecule is CCc1cc(-c2ccc(-c3c[nH]c([C@@H]4CC5CCCCC5N4C(=O)[C@@H](NC(=O)OC)C(C)C)n3)cc2)c(CCc2ccc(C)cc2)cc1-c1c[nH]c([C@@H]2CC3CCCCC3N2C(=O)[C@@H](NC(=O)OC)C(C)C)n1. The fourth-order valence-electron chi connectivity index (χ4n) is 12.6. The third-order valence-electron chi connectivity index (χ3n) is 16.6. The van der Waals surface area contributed by atoms with Crippen LogP contribution in [0.3, 0.4) is 0 Å². The molecule has 5 aromatic rings. The van der Waals surface area contributed by atoms with Gasteiger partial charge in [0.25, 0.3) is 0 Å². The van der Waals surface area contributed by atoms with Crippen LogP contribution in [-0.4, -0.2) is 92.1 Å². The Morgan fingerprint density at radius 1 is 0.630 bits per heavy atom. The molecular formula is C59H76N8O6. The van der Waals surface area contributed by atoms with Crippen LogP contribution in [-0.2, 0) is 38.3 Å². The molecule has 9 rings (SSSR count). The lowest BCUT2D eigenvalue weighted by atomic mass is 9.84. The molecule has 73 heavy (non-hydrogen) atoms. The maximum atomic E-state index is 14.6. The van der Waals surface area contributed by atoms with Crippen molar-refractivity contribution in [2.45, 2.75) is 161 Å². The number of benzene rings is 3. The number of ether oxygens (including phenoxy) is 2. The second-order valence-electron chi connectivity index (χ2n) is 21.9. The summed E-state index contributed by atoms with van der Waals surface area (Å²) >= 11 is 0. The minimum absolute atomic E-state index is 0.0791. The van der Waals surface area contributed by atoms with Crippen molar-refractivity contribution in [2.24, 2.45) is 23.7 Å². The van der Waals surface area contributed by atoms with Gasteiger partial charge in [0.05, 0.1) is 37.7 Å². The Hall–Kier alpha value is -6.44. The third-order valence-corrected chi connectivity index (χ3v) is 16.6. The molecule has 14 nitrogen and oxygen atoms in total. The van der Waals surface area contributed by atoms with Crippen molar-refractivity contribution in [1.82, 2.24) is 40.4 Å². The van der Waals surface area contributed by atoms with E-state index in [-0.39, 0.29) is 47.8 Å². The highest BCUT2D eigenvalue weighted by Crippen LogP contribution is 2.48. The van der Waals surface area contributed by atoms with Crippen LogP contribution in [0.5, 0.6) is 0 Å². The number of methoxy groups -OCH3 is 2. The van der Waals surface area contributed by atoms with Gasteiger partial charge in [0.1, 0.15) is 23.7 Å². The van der Waals surface area contributed by atoms with Crippen LogP contribution in [0.15, 0.2) is 73.1 Å². The highest BCUT2D eigenvalue weighted by atomic mass is 16.5. The van der Waals surface area contributed by atoms with Crippen molar-refractivity contribution in [3.63, 3.8) is 0 Å². The minimum Gasteiger partial charge on any atom is -0.453 e. The van der Waals surface area contributed by atoms with E-state index in [1.165, 1.54) is 42.0 Å². The van der Waals surface area contributed by atoms with Crippen molar-refractivity contribution in [3.8, 4) is 33.6 Å². The molecule has 4 N–H and O–H groups in total. The van der Waals surface area contributed by atoms with Gasteiger partial charge >= 0.3 is 12.2 Å². The topological polar surface area (TPSA) is 175 Å². The molecule has 3 aromatic carbocycles. The molecule has 2 aromatic heterocycles. The fourth-order valence-corrected chi connectivity index (χ4v) is 12.6. The number of hydrogen-bond acceptors (Lipinski definition) is 8. The molecule has 4 heterocycles. The lowest BCUT2D eigenvalue weighted by Crippen LogP contribution is -2.53. The highest BCUT2D eigenvalue weighted by molar-refractivity contribution is 5.88. The smallest absolute Gasteiger partial charge is 0.407 e. The molecule has 2 aliphatic carbocycles. The third kappa shape index (κ3) is 10.8. The summed E-state index contributed by atoms with van der Waals surface area (Å²) in [5.74, 6) is 1.90. The molecule has 4 fully saturated rings. The van der Waals surface area contributed by atoms with Gasteiger partial charge in [0, 0.05) is 35.6 Å². The number of alkyl carbamates (subject to hydrolysis) is 2. The van der Waals surface area contributed by atoms with E-state index in [0.29, 0.717) is 11.8 Å². The number of aryl methyl sites for hydroxylation is 4. The molecule has 8 atom stereocenters. The summed E-state index contributed by atoms with van der Waals surface area (Å²) in [6, 6.07) is 20.5. The summed E-state index contributed by atoms with van der Waals surface area (Å²) in [5.41, 5.74) is 10.9. The van der Waals surface area contributed by atoms with E-state index < -0.39 is 24.3 Å². The number of nitrogens with zero attached hydrogens (tertiary/aromatic N) is 4. The molecule has 0 spiro atoms. The second kappa shape index (κ2) is 22.4. The van der Waals surface area contributed by atoms with Gasteiger partial charge in [-0.25, -0.2) is 19.6 Å². The summed E-state index contributed by atoms with van der Waals surface area (Å²) in [6.07, 6.45) is 15.4. The molecule has 4 aliphatic rings. The van der Waals surface area contributed by atoms with Gasteiger partial charge in [0.15, 0.2) is 0 Å². The summed E-state index contributed by atoms with van der Waals surface area (Å²) in [6.45, 7) is 12.1. The zero-order valence-corrected chi connectivity index (χ0v) is 44.1. The monoisotopic (exact) mass is 993 g/mol. The molecule has 388 valence electrons. The molecule has 2 saturated heterocycles. The number of amides is 4. The van der Waals surface area contributed by atoms with Crippen LogP contribution in [0.1, 0.15) is 145 Å². The van der Waals surface area contributed by atoms with E-state index in [2.05, 4.69) is 95.1 Å². The number of H-pyrrole nitrogens is 2. The number of nitrogens with one attached hydrogen (secondary N) is 4. The van der Waals surface area contributed by atoms with Crippen LogP contribution in [0.25, 0.3) is 33.6 Å². The van der Waals surface area contributed by atoms with Gasteiger partial charge in [-0.3, -0.25) is 9.59 Å². The van der Waals surface area contributed by atoms with E-state index in [1.807, 2.05) is 49.9 Å². The van der Waals surface area contributed by atoms with Crippen LogP contribution >= 0.6 is 0 Å². The van der Waals surface area contributed by atoms with E-state index in [0.717, 1.165) is 123 Å². The highest BCUT2D eigenvalue weighted by Gasteiger charge is 2.50. The Kier molecular flexibility index (Phi) is 15.8. The van der Waals surface area contributed by atoms with Gasteiger partial charge < -0.3 is 39.9 Å². The Morgan fingerprint density at radius 2 is 1.11 bits per heavy atom. The van der Waals surface area contributed by atoms with Crippen molar-refractivity contribution < 1.29 is 28.7 Å². The molecule has 2 aliphatic heterocycles. The first-order valence-electron chi connectivity index (χ1n) is 27.0. The van der Waals surface area contributed by atoms with Crippen LogP contribution in [0, 0.1) is 30.6 Å². The van der Waals surface area contributed by atoms with E-state index in [1.54, 1.807) is 0 Å². The molecule has 0 bridgehead atoms. The first-order chi connectivity index (χ1) is 35.3. The van der Waals surface area contributed by atoms with E-state index in [4.69, 9.17) is 19.4 Å². The predicted molar refractivity (Wildman–Crippen MR) is 283 cm³/mol. The maximum absolute atomic E-state index is 14.6. The Balaban J connectivity index is 1.02. The number of aromatic nitrogens is 4. The zero-order valence-electron chi connectivity index (χ0n) is 44.1. The number of rotatable bonds is 15. The molecule has 0 radical (unpaired) electrons. The lowest BCUT2D eigenvalue weighted by Gasteiger charge is -2.36.